The van der Waals surface area contributed by atoms with Crippen molar-refractivity contribution in [2.24, 2.45) is 0 Å². The minimum Gasteiger partial charge on any atom is -0.383 e. The van der Waals surface area contributed by atoms with E-state index in [9.17, 15) is 4.79 Å². The van der Waals surface area contributed by atoms with Crippen molar-refractivity contribution in [3.05, 3.63) is 63.4 Å². The van der Waals surface area contributed by atoms with Gasteiger partial charge in [0, 0.05) is 24.2 Å². The fraction of sp³-hybridized carbons (Fsp3) is 0.167. The molecule has 0 aliphatic carbocycles. The number of carbonyl (C=O) groups excluding carboxylic acids is 1. The number of hydrogen-bond donors (Lipinski definition) is 1. The molecule has 0 atom stereocenters. The number of hydrogen-bond acceptors (Lipinski definition) is 4. The molecule has 0 radical (unpaired) electrons. The lowest BCUT2D eigenvalue weighted by molar-refractivity contribution is 0.0927. The Morgan fingerprint density at radius 2 is 1.96 bits per heavy atom. The van der Waals surface area contributed by atoms with Gasteiger partial charge in [-0.3, -0.25) is 4.79 Å². The van der Waals surface area contributed by atoms with E-state index in [0.717, 1.165) is 0 Å². The topological polar surface area (TPSA) is 69.0 Å². The average molecular weight is 426 g/mol. The zero-order valence-electron chi connectivity index (χ0n) is 14.2. The summed E-state index contributed by atoms with van der Waals surface area (Å²) < 4.78 is 6.46. The highest BCUT2D eigenvalue weighted by Crippen LogP contribution is 2.28. The second-order valence-electron chi connectivity index (χ2n) is 5.53. The fourth-order valence-corrected chi connectivity index (χ4v) is 2.85. The van der Waals surface area contributed by atoms with Crippen LogP contribution in [0.4, 0.5) is 0 Å². The Kier molecular flexibility index (Phi) is 6.34. The first-order chi connectivity index (χ1) is 13.0. The summed E-state index contributed by atoms with van der Waals surface area (Å²) in [7, 11) is 1.56. The average Bonchev–Trinajstić information content (AvgIpc) is 3.10. The number of amides is 1. The lowest BCUT2D eigenvalue weighted by atomic mass is 10.2. The van der Waals surface area contributed by atoms with Crippen molar-refractivity contribution in [3.8, 4) is 17.1 Å². The van der Waals surface area contributed by atoms with Crippen LogP contribution < -0.4 is 5.32 Å². The zero-order chi connectivity index (χ0) is 19.4. The number of ether oxygens (including phenoxy) is 1. The largest absolute Gasteiger partial charge is 0.383 e. The van der Waals surface area contributed by atoms with Gasteiger partial charge in [0.1, 0.15) is 0 Å². The number of rotatable bonds is 6. The van der Waals surface area contributed by atoms with Crippen LogP contribution in [0.2, 0.25) is 15.1 Å². The predicted octanol–water partition coefficient (Wildman–Crippen LogP) is 4.27. The number of aromatic nitrogens is 3. The van der Waals surface area contributed by atoms with Crippen LogP contribution >= 0.6 is 34.8 Å². The molecule has 140 valence electrons. The Labute approximate surface area is 171 Å². The molecule has 27 heavy (non-hydrogen) atoms. The minimum atomic E-state index is -0.408. The van der Waals surface area contributed by atoms with Crippen molar-refractivity contribution in [3.63, 3.8) is 0 Å². The molecule has 0 aliphatic rings. The van der Waals surface area contributed by atoms with E-state index in [4.69, 9.17) is 39.5 Å². The van der Waals surface area contributed by atoms with Crippen molar-refractivity contribution in [1.82, 2.24) is 20.1 Å². The molecule has 0 saturated heterocycles. The van der Waals surface area contributed by atoms with Gasteiger partial charge in [-0.25, -0.2) is 9.67 Å². The maximum absolute atomic E-state index is 12.4. The first-order valence-corrected chi connectivity index (χ1v) is 9.08. The number of nitrogens with one attached hydrogen (secondary N) is 1. The van der Waals surface area contributed by atoms with Gasteiger partial charge in [-0.05, 0) is 30.3 Å². The van der Waals surface area contributed by atoms with Crippen LogP contribution in [0, 0.1) is 0 Å². The number of benzene rings is 2. The van der Waals surface area contributed by atoms with Gasteiger partial charge in [0.2, 0.25) is 5.82 Å². The van der Waals surface area contributed by atoms with Gasteiger partial charge in [-0.2, -0.15) is 0 Å². The van der Waals surface area contributed by atoms with Crippen molar-refractivity contribution in [1.29, 1.82) is 0 Å². The lowest BCUT2D eigenvalue weighted by Crippen LogP contribution is -2.28. The van der Waals surface area contributed by atoms with Crippen molar-refractivity contribution < 1.29 is 9.53 Å². The summed E-state index contributed by atoms with van der Waals surface area (Å²) in [6.45, 7) is 0.740. The molecular weight excluding hydrogens is 411 g/mol. The van der Waals surface area contributed by atoms with E-state index in [2.05, 4.69) is 15.4 Å². The van der Waals surface area contributed by atoms with Gasteiger partial charge in [0.15, 0.2) is 5.82 Å². The Hall–Kier alpha value is -2.12. The molecule has 0 aliphatic heterocycles. The standard InChI is InChI=1S/C18H15Cl3N4O2/c1-27-8-7-22-18(26)16-23-17(11-3-2-4-12(19)9-11)25(24-16)13-5-6-14(20)15(21)10-13/h2-6,9-10H,7-8H2,1H3,(H,22,26). The van der Waals surface area contributed by atoms with E-state index >= 15 is 0 Å². The third kappa shape index (κ3) is 4.59. The summed E-state index contributed by atoms with van der Waals surface area (Å²) in [5, 5.41) is 8.37. The van der Waals surface area contributed by atoms with Crippen LogP contribution in [0.5, 0.6) is 0 Å². The second-order valence-corrected chi connectivity index (χ2v) is 6.78. The Morgan fingerprint density at radius 1 is 1.15 bits per heavy atom. The minimum absolute atomic E-state index is 0.0205. The lowest BCUT2D eigenvalue weighted by Gasteiger charge is -2.07. The van der Waals surface area contributed by atoms with E-state index in [-0.39, 0.29) is 5.82 Å². The van der Waals surface area contributed by atoms with Gasteiger partial charge in [0.25, 0.3) is 5.91 Å². The molecule has 6 nitrogen and oxygen atoms in total. The first kappa shape index (κ1) is 19.6. The number of methoxy groups -OCH3 is 1. The summed E-state index contributed by atoms with van der Waals surface area (Å²) in [4.78, 5) is 16.8. The Bertz CT molecular complexity index is 975. The third-order valence-corrected chi connectivity index (χ3v) is 4.61. The van der Waals surface area contributed by atoms with Crippen LogP contribution in [-0.2, 0) is 4.74 Å². The molecule has 0 bridgehead atoms. The van der Waals surface area contributed by atoms with Crippen molar-refractivity contribution in [2.45, 2.75) is 0 Å². The number of nitrogens with zero attached hydrogens (tertiary/aromatic N) is 3. The van der Waals surface area contributed by atoms with Crippen LogP contribution in [0.25, 0.3) is 17.1 Å². The summed E-state index contributed by atoms with van der Waals surface area (Å²) in [6.07, 6.45) is 0. The maximum Gasteiger partial charge on any atom is 0.291 e. The predicted molar refractivity (Wildman–Crippen MR) is 106 cm³/mol. The molecule has 1 aromatic heterocycles. The van der Waals surface area contributed by atoms with Crippen molar-refractivity contribution >= 4 is 40.7 Å². The zero-order valence-corrected chi connectivity index (χ0v) is 16.5. The van der Waals surface area contributed by atoms with Crippen LogP contribution in [0.15, 0.2) is 42.5 Å². The molecule has 1 N–H and O–H groups in total. The van der Waals surface area contributed by atoms with Gasteiger partial charge in [0.05, 0.1) is 22.3 Å². The summed E-state index contributed by atoms with van der Waals surface area (Å²) in [6, 6.07) is 12.2. The van der Waals surface area contributed by atoms with Crippen LogP contribution in [-0.4, -0.2) is 40.9 Å². The number of halogens is 3. The maximum atomic E-state index is 12.4. The Balaban J connectivity index is 2.06. The molecule has 2 aromatic carbocycles. The molecule has 3 aromatic rings. The first-order valence-electron chi connectivity index (χ1n) is 7.95. The molecule has 9 heteroatoms. The molecule has 0 saturated carbocycles. The van der Waals surface area contributed by atoms with Gasteiger partial charge >= 0.3 is 0 Å². The summed E-state index contributed by atoms with van der Waals surface area (Å²) in [5.74, 6) is 0.0640. The molecular formula is C18H15Cl3N4O2. The van der Waals surface area contributed by atoms with Gasteiger partial charge < -0.3 is 10.1 Å². The Morgan fingerprint density at radius 3 is 2.67 bits per heavy atom. The summed E-state index contributed by atoms with van der Waals surface area (Å²) in [5.41, 5.74) is 1.32. The van der Waals surface area contributed by atoms with Crippen LogP contribution in [0.3, 0.4) is 0 Å². The highest BCUT2D eigenvalue weighted by molar-refractivity contribution is 6.42. The van der Waals surface area contributed by atoms with E-state index < -0.39 is 5.91 Å². The normalized spacial score (nSPS) is 10.8. The molecule has 0 unspecified atom stereocenters. The van der Waals surface area contributed by atoms with E-state index in [0.29, 0.717) is 45.3 Å². The molecule has 0 fully saturated rings. The molecule has 0 spiro atoms. The smallest absolute Gasteiger partial charge is 0.291 e. The molecule has 1 amide bonds. The fourth-order valence-electron chi connectivity index (χ4n) is 2.37. The summed E-state index contributed by atoms with van der Waals surface area (Å²) >= 11 is 18.2. The number of carbonyl (C=O) groups is 1. The molecule has 1 heterocycles. The van der Waals surface area contributed by atoms with E-state index in [1.165, 1.54) is 4.68 Å². The van der Waals surface area contributed by atoms with E-state index in [1.54, 1.807) is 43.5 Å². The van der Waals surface area contributed by atoms with Crippen molar-refractivity contribution in [2.75, 3.05) is 20.3 Å². The van der Waals surface area contributed by atoms with Gasteiger partial charge in [-0.15, -0.1) is 5.10 Å². The third-order valence-electron chi connectivity index (χ3n) is 3.63. The quantitative estimate of drug-likeness (QED) is 0.599. The highest BCUT2D eigenvalue weighted by Gasteiger charge is 2.19. The molecule has 3 rings (SSSR count). The SMILES string of the molecule is COCCNC(=O)c1nc(-c2cccc(Cl)c2)n(-c2ccc(Cl)c(Cl)c2)n1. The monoisotopic (exact) mass is 424 g/mol. The van der Waals surface area contributed by atoms with Gasteiger partial charge in [-0.1, -0.05) is 46.9 Å². The second kappa shape index (κ2) is 8.71. The van der Waals surface area contributed by atoms with E-state index in [1.807, 2.05) is 6.07 Å². The van der Waals surface area contributed by atoms with Crippen LogP contribution in [0.1, 0.15) is 10.6 Å². The highest BCUT2D eigenvalue weighted by atomic mass is 35.5.